The van der Waals surface area contributed by atoms with Crippen LogP contribution in [0.2, 0.25) is 0 Å². The summed E-state index contributed by atoms with van der Waals surface area (Å²) < 4.78 is 24.6. The normalized spacial score (nSPS) is 10.8. The summed E-state index contributed by atoms with van der Waals surface area (Å²) >= 11 is 0. The van der Waals surface area contributed by atoms with Crippen molar-refractivity contribution in [3.8, 4) is 11.5 Å². The summed E-state index contributed by atoms with van der Waals surface area (Å²) in [4.78, 5) is 22.7. The van der Waals surface area contributed by atoms with Crippen LogP contribution >= 0.6 is 0 Å². The minimum Gasteiger partial charge on any atom is -0.488 e. The molecular weight excluding hydrogens is 429 g/mol. The van der Waals surface area contributed by atoms with Crippen LogP contribution in [-0.2, 0) is 11.4 Å². The minimum absolute atomic E-state index is 0.0481. The Morgan fingerprint density at radius 2 is 1.88 bits per heavy atom. The van der Waals surface area contributed by atoms with Gasteiger partial charge in [0, 0.05) is 17.7 Å². The van der Waals surface area contributed by atoms with E-state index in [0.717, 1.165) is 11.1 Å². The van der Waals surface area contributed by atoms with Crippen molar-refractivity contribution >= 4 is 17.8 Å². The predicted octanol–water partition coefficient (Wildman–Crippen LogP) is 4.46. The Balaban J connectivity index is 1.65. The highest BCUT2D eigenvalue weighted by Crippen LogP contribution is 2.24. The Morgan fingerprint density at radius 3 is 2.64 bits per heavy atom. The van der Waals surface area contributed by atoms with Gasteiger partial charge < -0.3 is 9.47 Å². The van der Waals surface area contributed by atoms with Gasteiger partial charge in [0.1, 0.15) is 23.9 Å². The largest absolute Gasteiger partial charge is 0.488 e. The second-order valence-corrected chi connectivity index (χ2v) is 7.18. The molecule has 0 saturated heterocycles. The fraction of sp³-hybridized carbons (Fsp3) is 0.167. The van der Waals surface area contributed by atoms with Crippen LogP contribution in [0, 0.1) is 29.8 Å². The molecule has 0 aliphatic heterocycles. The van der Waals surface area contributed by atoms with E-state index in [1.54, 1.807) is 18.2 Å². The van der Waals surface area contributed by atoms with E-state index in [1.807, 2.05) is 26.0 Å². The standard InChI is InChI=1S/C24H22FN3O5/c1-16-5-3-8-22(17(16)2)33-15-24(29)27-26-13-19-12-21(28(30)31)9-10-23(19)32-14-18-6-4-7-20(25)11-18/h3-13H,14-15H2,1-2H3,(H,27,29)/b26-13+. The highest BCUT2D eigenvalue weighted by Gasteiger charge is 2.12. The topological polar surface area (TPSA) is 103 Å². The van der Waals surface area contributed by atoms with Crippen molar-refractivity contribution in [3.05, 3.63) is 98.8 Å². The zero-order chi connectivity index (χ0) is 23.8. The first-order valence-corrected chi connectivity index (χ1v) is 10.00. The quantitative estimate of drug-likeness (QED) is 0.294. The number of non-ortho nitro benzene ring substituents is 1. The molecule has 0 unspecified atom stereocenters. The molecule has 0 bridgehead atoms. The molecule has 0 aliphatic carbocycles. The second-order valence-electron chi connectivity index (χ2n) is 7.18. The van der Waals surface area contributed by atoms with Crippen LogP contribution in [0.15, 0.2) is 65.8 Å². The molecule has 3 aromatic carbocycles. The average Bonchev–Trinajstić information content (AvgIpc) is 2.79. The number of nitrogens with zero attached hydrogens (tertiary/aromatic N) is 2. The molecule has 8 nitrogen and oxygen atoms in total. The Kier molecular flexibility index (Phi) is 7.69. The number of nitrogens with one attached hydrogen (secondary N) is 1. The maximum absolute atomic E-state index is 13.4. The number of hydrogen-bond donors (Lipinski definition) is 1. The Morgan fingerprint density at radius 1 is 1.09 bits per heavy atom. The number of nitro benzene ring substituents is 1. The Labute approximate surface area is 189 Å². The zero-order valence-corrected chi connectivity index (χ0v) is 18.1. The van der Waals surface area contributed by atoms with Crippen LogP contribution in [-0.4, -0.2) is 23.7 Å². The molecule has 0 aliphatic rings. The number of hydrogen-bond acceptors (Lipinski definition) is 6. The molecule has 0 saturated carbocycles. The van der Waals surface area contributed by atoms with Gasteiger partial charge in [-0.25, -0.2) is 9.82 Å². The highest BCUT2D eigenvalue weighted by atomic mass is 19.1. The van der Waals surface area contributed by atoms with Crippen LogP contribution in [0.1, 0.15) is 22.3 Å². The molecule has 3 aromatic rings. The number of nitro groups is 1. The summed E-state index contributed by atoms with van der Waals surface area (Å²) in [6.07, 6.45) is 1.24. The number of benzene rings is 3. The summed E-state index contributed by atoms with van der Waals surface area (Å²) in [7, 11) is 0. The first-order valence-electron chi connectivity index (χ1n) is 10.00. The first kappa shape index (κ1) is 23.4. The van der Waals surface area contributed by atoms with Crippen molar-refractivity contribution in [1.82, 2.24) is 5.43 Å². The molecular formula is C24H22FN3O5. The van der Waals surface area contributed by atoms with Gasteiger partial charge in [-0.05, 0) is 54.8 Å². The lowest BCUT2D eigenvalue weighted by molar-refractivity contribution is -0.384. The van der Waals surface area contributed by atoms with Gasteiger partial charge in [0.25, 0.3) is 11.6 Å². The van der Waals surface area contributed by atoms with Gasteiger partial charge in [-0.2, -0.15) is 5.10 Å². The lowest BCUT2D eigenvalue weighted by Crippen LogP contribution is -2.24. The van der Waals surface area contributed by atoms with Crippen LogP contribution in [0.4, 0.5) is 10.1 Å². The highest BCUT2D eigenvalue weighted by molar-refractivity contribution is 5.86. The van der Waals surface area contributed by atoms with Crippen molar-refractivity contribution in [1.29, 1.82) is 0 Å². The zero-order valence-electron chi connectivity index (χ0n) is 18.1. The van der Waals surface area contributed by atoms with Crippen molar-refractivity contribution in [2.75, 3.05) is 6.61 Å². The van der Waals surface area contributed by atoms with Gasteiger partial charge in [0.2, 0.25) is 0 Å². The Bertz CT molecular complexity index is 1200. The SMILES string of the molecule is Cc1cccc(OCC(=O)N/N=C/c2cc([N+](=O)[O-])ccc2OCc2cccc(F)c2)c1C. The number of amides is 1. The summed E-state index contributed by atoms with van der Waals surface area (Å²) in [6.45, 7) is 3.64. The molecule has 170 valence electrons. The van der Waals surface area contributed by atoms with E-state index >= 15 is 0 Å². The second kappa shape index (κ2) is 10.9. The van der Waals surface area contributed by atoms with Crippen LogP contribution in [0.5, 0.6) is 11.5 Å². The van der Waals surface area contributed by atoms with Gasteiger partial charge in [0.05, 0.1) is 11.1 Å². The van der Waals surface area contributed by atoms with Crippen LogP contribution < -0.4 is 14.9 Å². The van der Waals surface area contributed by atoms with Crippen molar-refractivity contribution in [2.45, 2.75) is 20.5 Å². The van der Waals surface area contributed by atoms with Gasteiger partial charge in [0.15, 0.2) is 6.61 Å². The maximum atomic E-state index is 13.4. The number of hydrazone groups is 1. The molecule has 3 rings (SSSR count). The fourth-order valence-electron chi connectivity index (χ4n) is 2.90. The molecule has 0 atom stereocenters. The smallest absolute Gasteiger partial charge is 0.277 e. The predicted molar refractivity (Wildman–Crippen MR) is 121 cm³/mol. The van der Waals surface area contributed by atoms with E-state index in [0.29, 0.717) is 11.3 Å². The van der Waals surface area contributed by atoms with Crippen molar-refractivity contribution in [3.63, 3.8) is 0 Å². The third-order valence-electron chi connectivity index (χ3n) is 4.79. The molecule has 0 spiro atoms. The number of carbonyl (C=O) groups excluding carboxylic acids is 1. The summed E-state index contributed by atoms with van der Waals surface area (Å²) in [5, 5.41) is 15.0. The third kappa shape index (κ3) is 6.60. The lowest BCUT2D eigenvalue weighted by atomic mass is 10.1. The Hall–Kier alpha value is -4.27. The van der Waals surface area contributed by atoms with Gasteiger partial charge in [-0.1, -0.05) is 24.3 Å². The molecule has 1 amide bonds. The van der Waals surface area contributed by atoms with Gasteiger partial charge in [-0.15, -0.1) is 0 Å². The molecule has 0 aromatic heterocycles. The molecule has 0 radical (unpaired) electrons. The molecule has 9 heteroatoms. The third-order valence-corrected chi connectivity index (χ3v) is 4.79. The summed E-state index contributed by atoms with van der Waals surface area (Å²) in [5.74, 6) is -0.0115. The van der Waals surface area contributed by atoms with Crippen molar-refractivity contribution < 1.29 is 23.6 Å². The van der Waals surface area contributed by atoms with E-state index in [1.165, 1.54) is 36.5 Å². The minimum atomic E-state index is -0.551. The van der Waals surface area contributed by atoms with Gasteiger partial charge >= 0.3 is 0 Å². The van der Waals surface area contributed by atoms with Crippen LogP contribution in [0.25, 0.3) is 0 Å². The van der Waals surface area contributed by atoms with E-state index in [-0.39, 0.29) is 30.2 Å². The van der Waals surface area contributed by atoms with Crippen LogP contribution in [0.3, 0.4) is 0 Å². The monoisotopic (exact) mass is 451 g/mol. The van der Waals surface area contributed by atoms with Crippen molar-refractivity contribution in [2.24, 2.45) is 5.10 Å². The van der Waals surface area contributed by atoms with Gasteiger partial charge in [-0.3, -0.25) is 14.9 Å². The number of carbonyl (C=O) groups is 1. The molecule has 1 N–H and O–H groups in total. The van der Waals surface area contributed by atoms with E-state index in [4.69, 9.17) is 9.47 Å². The number of ether oxygens (including phenoxy) is 2. The molecule has 0 fully saturated rings. The first-order chi connectivity index (χ1) is 15.8. The van der Waals surface area contributed by atoms with E-state index in [2.05, 4.69) is 10.5 Å². The van der Waals surface area contributed by atoms with E-state index in [9.17, 15) is 19.3 Å². The van der Waals surface area contributed by atoms with E-state index < -0.39 is 16.6 Å². The maximum Gasteiger partial charge on any atom is 0.277 e. The number of aryl methyl sites for hydroxylation is 1. The fourth-order valence-corrected chi connectivity index (χ4v) is 2.90. The summed E-state index contributed by atoms with van der Waals surface area (Å²) in [6, 6.07) is 15.4. The molecule has 33 heavy (non-hydrogen) atoms. The lowest BCUT2D eigenvalue weighted by Gasteiger charge is -2.10. The average molecular weight is 451 g/mol. The number of halogens is 1. The summed E-state index contributed by atoms with van der Waals surface area (Å²) in [5.41, 5.74) is 5.00. The number of rotatable bonds is 9. The molecule has 0 heterocycles.